The molecule has 130 valence electrons. The molecule has 2 fully saturated rings. The predicted octanol–water partition coefficient (Wildman–Crippen LogP) is 2.64. The molecule has 0 aliphatic carbocycles. The molecule has 2 aliphatic rings. The Hall–Kier alpha value is -1.34. The summed E-state index contributed by atoms with van der Waals surface area (Å²) in [4.78, 5) is 18.6. The number of carbonyl (C=O) groups excluding carboxylic acids is 1. The van der Waals surface area contributed by atoms with Crippen molar-refractivity contribution in [2.24, 2.45) is 10.9 Å². The van der Waals surface area contributed by atoms with Gasteiger partial charge in [-0.25, -0.2) is 8.42 Å². The summed E-state index contributed by atoms with van der Waals surface area (Å²) in [6, 6.07) is 7.69. The summed E-state index contributed by atoms with van der Waals surface area (Å²) in [5, 5.41) is 0.581. The van der Waals surface area contributed by atoms with Crippen LogP contribution in [0.15, 0.2) is 29.3 Å². The largest absolute Gasteiger partial charge is 0.315 e. The molecule has 0 bridgehead atoms. The molecule has 7 heteroatoms. The number of aryl methyl sites for hydroxylation is 1. The van der Waals surface area contributed by atoms with E-state index in [9.17, 15) is 13.2 Å². The molecular weight excluding hydrogens is 344 g/mol. The highest BCUT2D eigenvalue weighted by atomic mass is 32.2. The molecule has 1 aromatic carbocycles. The molecule has 2 saturated heterocycles. The zero-order chi connectivity index (χ0) is 17.5. The van der Waals surface area contributed by atoms with Crippen LogP contribution in [0.2, 0.25) is 0 Å². The van der Waals surface area contributed by atoms with Crippen molar-refractivity contribution >= 4 is 38.4 Å². The van der Waals surface area contributed by atoms with Gasteiger partial charge in [-0.15, -0.1) is 0 Å². The number of hydrogen-bond donors (Lipinski definition) is 0. The van der Waals surface area contributed by atoms with Crippen molar-refractivity contribution in [3.63, 3.8) is 0 Å². The molecular formula is C17H22N2O3S2. The van der Waals surface area contributed by atoms with Gasteiger partial charge >= 0.3 is 0 Å². The molecule has 0 spiro atoms. The fourth-order valence-electron chi connectivity index (χ4n) is 3.06. The summed E-state index contributed by atoms with van der Waals surface area (Å²) in [7, 11) is -3.03. The van der Waals surface area contributed by atoms with Crippen molar-refractivity contribution < 1.29 is 13.2 Å². The second-order valence-corrected chi connectivity index (χ2v) is 9.86. The van der Waals surface area contributed by atoms with E-state index in [1.807, 2.05) is 49.9 Å². The first-order valence-corrected chi connectivity index (χ1v) is 10.9. The molecule has 1 aromatic rings. The molecule has 3 rings (SSSR count). The number of carbonyl (C=O) groups is 1. The topological polar surface area (TPSA) is 66.8 Å². The van der Waals surface area contributed by atoms with Crippen molar-refractivity contribution in [2.75, 3.05) is 16.4 Å². The van der Waals surface area contributed by atoms with Gasteiger partial charge in [0.15, 0.2) is 15.0 Å². The van der Waals surface area contributed by atoms with Gasteiger partial charge < -0.3 is 4.90 Å². The second kappa shape index (κ2) is 6.52. The Morgan fingerprint density at radius 2 is 2.08 bits per heavy atom. The fraction of sp³-hybridized carbons (Fsp3) is 0.529. The van der Waals surface area contributed by atoms with E-state index in [1.54, 1.807) is 0 Å². The molecule has 0 saturated carbocycles. The lowest BCUT2D eigenvalue weighted by Gasteiger charge is -2.26. The highest BCUT2D eigenvalue weighted by Gasteiger charge is 2.49. The van der Waals surface area contributed by atoms with Crippen molar-refractivity contribution in [1.29, 1.82) is 0 Å². The van der Waals surface area contributed by atoms with Gasteiger partial charge in [0.25, 0.3) is 5.91 Å². The van der Waals surface area contributed by atoms with Crippen LogP contribution in [0, 0.1) is 12.8 Å². The van der Waals surface area contributed by atoms with E-state index in [2.05, 4.69) is 4.99 Å². The summed E-state index contributed by atoms with van der Waals surface area (Å²) >= 11 is 1.43. The van der Waals surface area contributed by atoms with Crippen molar-refractivity contribution in [1.82, 2.24) is 0 Å². The molecule has 0 aromatic heterocycles. The van der Waals surface area contributed by atoms with Crippen molar-refractivity contribution in [3.05, 3.63) is 29.8 Å². The maximum absolute atomic E-state index is 12.3. The standard InChI is InChI=1S/C17H22N2O3S2/c1-4-11(2)16(20)18-17-19(13-8-6-5-7-12(13)3)14-9-24(21,22)10-15(14)23-17/h5-8,11,14-15H,4,9-10H2,1-3H3/t11-,14-,15-/m0/s1. The van der Waals surface area contributed by atoms with Gasteiger partial charge in [-0.05, 0) is 25.0 Å². The first kappa shape index (κ1) is 17.5. The Balaban J connectivity index is 2.02. The molecule has 1 amide bonds. The van der Waals surface area contributed by atoms with E-state index >= 15 is 0 Å². The number of benzene rings is 1. The maximum Gasteiger partial charge on any atom is 0.250 e. The lowest BCUT2D eigenvalue weighted by molar-refractivity contribution is -0.121. The Morgan fingerprint density at radius 3 is 2.75 bits per heavy atom. The minimum atomic E-state index is -3.03. The van der Waals surface area contributed by atoms with Crippen LogP contribution >= 0.6 is 11.8 Å². The molecule has 24 heavy (non-hydrogen) atoms. The molecule has 5 nitrogen and oxygen atoms in total. The summed E-state index contributed by atoms with van der Waals surface area (Å²) in [6.07, 6.45) is 0.742. The van der Waals surface area contributed by atoms with Crippen LogP contribution in [0.3, 0.4) is 0 Å². The summed E-state index contributed by atoms with van der Waals surface area (Å²) < 4.78 is 24.1. The van der Waals surface area contributed by atoms with Crippen LogP contribution < -0.4 is 4.90 Å². The molecule has 0 unspecified atom stereocenters. The van der Waals surface area contributed by atoms with E-state index < -0.39 is 9.84 Å². The van der Waals surface area contributed by atoms with Gasteiger partial charge in [-0.2, -0.15) is 4.99 Å². The summed E-state index contributed by atoms with van der Waals surface area (Å²) in [5.74, 6) is 0.0129. The number of sulfone groups is 1. The zero-order valence-corrected chi connectivity index (χ0v) is 15.7. The molecule has 0 radical (unpaired) electrons. The summed E-state index contributed by atoms with van der Waals surface area (Å²) in [6.45, 7) is 5.82. The first-order valence-electron chi connectivity index (χ1n) is 8.17. The van der Waals surface area contributed by atoms with E-state index in [4.69, 9.17) is 0 Å². The minimum absolute atomic E-state index is 0.0573. The van der Waals surface area contributed by atoms with Crippen LogP contribution in [-0.2, 0) is 14.6 Å². The van der Waals surface area contributed by atoms with Gasteiger partial charge in [-0.1, -0.05) is 43.8 Å². The first-order chi connectivity index (χ1) is 11.3. The minimum Gasteiger partial charge on any atom is -0.315 e. The Labute approximate surface area is 147 Å². The normalized spacial score (nSPS) is 28.1. The number of fused-ring (bicyclic) bond motifs is 1. The maximum atomic E-state index is 12.3. The van der Waals surface area contributed by atoms with Crippen LogP contribution in [0.4, 0.5) is 5.69 Å². The highest BCUT2D eigenvalue weighted by molar-refractivity contribution is 8.16. The quantitative estimate of drug-likeness (QED) is 0.823. The van der Waals surface area contributed by atoms with Gasteiger partial charge in [0.05, 0.1) is 17.5 Å². The van der Waals surface area contributed by atoms with E-state index in [0.29, 0.717) is 5.17 Å². The fourth-order valence-corrected chi connectivity index (χ4v) is 6.97. The summed E-state index contributed by atoms with van der Waals surface area (Å²) in [5.41, 5.74) is 1.98. The second-order valence-electron chi connectivity index (χ2n) is 6.50. The number of amides is 1. The third kappa shape index (κ3) is 3.24. The Morgan fingerprint density at radius 1 is 1.38 bits per heavy atom. The number of rotatable bonds is 3. The average Bonchev–Trinajstić information content (AvgIpc) is 2.98. The molecule has 2 heterocycles. The van der Waals surface area contributed by atoms with Crippen LogP contribution in [0.25, 0.3) is 0 Å². The van der Waals surface area contributed by atoms with Crippen LogP contribution in [0.5, 0.6) is 0 Å². The number of aliphatic imine (C=N–C) groups is 1. The van der Waals surface area contributed by atoms with Gasteiger partial charge in [0.1, 0.15) is 0 Å². The third-order valence-corrected chi connectivity index (χ3v) is 7.89. The van der Waals surface area contributed by atoms with Crippen molar-refractivity contribution in [2.45, 2.75) is 38.5 Å². The number of nitrogens with zero attached hydrogens (tertiary/aromatic N) is 2. The van der Waals surface area contributed by atoms with Gasteiger partial charge in [0.2, 0.25) is 0 Å². The number of para-hydroxylation sites is 1. The number of thioether (sulfide) groups is 1. The molecule has 2 aliphatic heterocycles. The molecule has 0 N–H and O–H groups in total. The SMILES string of the molecule is CC[C@H](C)C(=O)N=C1S[C@H]2CS(=O)(=O)C[C@@H]2N1c1ccccc1C. The number of anilines is 1. The predicted molar refractivity (Wildman–Crippen MR) is 99.4 cm³/mol. The Bertz CT molecular complexity index is 789. The zero-order valence-electron chi connectivity index (χ0n) is 14.1. The number of hydrogen-bond acceptors (Lipinski definition) is 4. The van der Waals surface area contributed by atoms with Crippen LogP contribution in [0.1, 0.15) is 25.8 Å². The highest BCUT2D eigenvalue weighted by Crippen LogP contribution is 2.41. The monoisotopic (exact) mass is 366 g/mol. The lowest BCUT2D eigenvalue weighted by Crippen LogP contribution is -2.38. The molecule has 3 atom stereocenters. The van der Waals surface area contributed by atoms with E-state index in [1.165, 1.54) is 11.8 Å². The average molecular weight is 367 g/mol. The Kier molecular flexibility index (Phi) is 4.75. The lowest BCUT2D eigenvalue weighted by atomic mass is 10.1. The number of amidine groups is 1. The van der Waals surface area contributed by atoms with Crippen molar-refractivity contribution in [3.8, 4) is 0 Å². The smallest absolute Gasteiger partial charge is 0.250 e. The van der Waals surface area contributed by atoms with Crippen LogP contribution in [-0.4, -0.2) is 42.3 Å². The van der Waals surface area contributed by atoms with E-state index in [-0.39, 0.29) is 34.6 Å². The third-order valence-electron chi connectivity index (χ3n) is 4.68. The van der Waals surface area contributed by atoms with E-state index in [0.717, 1.165) is 17.7 Å². The van der Waals surface area contributed by atoms with Gasteiger partial charge in [0, 0.05) is 16.9 Å². The van der Waals surface area contributed by atoms with Gasteiger partial charge in [-0.3, -0.25) is 4.79 Å².